The lowest BCUT2D eigenvalue weighted by Crippen LogP contribution is -2.36. The quantitative estimate of drug-likeness (QED) is 0.204. The number of benzene rings is 2. The molecule has 1 aliphatic carbocycles. The molecule has 0 amide bonds. The van der Waals surface area contributed by atoms with Crippen LogP contribution in [0.5, 0.6) is 11.5 Å². The van der Waals surface area contributed by atoms with Gasteiger partial charge in [0.25, 0.3) is 5.69 Å². The van der Waals surface area contributed by atoms with Gasteiger partial charge in [-0.3, -0.25) is 14.9 Å². The molecule has 0 aromatic heterocycles. The number of hydrogen-bond donors (Lipinski definition) is 1. The maximum atomic E-state index is 13.7. The molecule has 2 aliphatic rings. The minimum Gasteiger partial charge on any atom is -0.493 e. The van der Waals surface area contributed by atoms with Crippen molar-refractivity contribution >= 4 is 17.4 Å². The lowest BCUT2D eigenvalue weighted by atomic mass is 9.71. The number of unbranched alkanes of at least 4 members (excludes halogenated alkanes) is 1. The monoisotopic (exact) mass is 520 g/mol. The number of nitro groups is 1. The molecule has 1 heterocycles. The van der Waals surface area contributed by atoms with E-state index in [2.05, 4.69) is 5.32 Å². The molecule has 2 atom stereocenters. The standard InChI is InChI=1S/C29H32N2O7/c1-5-6-13-38-29(33)26-17(2)30-22-14-20(19-9-12-24(36-3)25(16-19)37-4)15-23(32)28(22)27(26)18-7-10-21(11-8-18)31(34)35/h7-12,16,20,27,30H,5-6,13-15H2,1-4H3/t20-,27-/m0/s1. The Morgan fingerprint density at radius 2 is 1.74 bits per heavy atom. The molecule has 1 N–H and O–H groups in total. The van der Waals surface area contributed by atoms with E-state index in [1.165, 1.54) is 12.1 Å². The van der Waals surface area contributed by atoms with Crippen molar-refractivity contribution in [2.24, 2.45) is 0 Å². The number of Topliss-reactive ketones (excluding diaryl/α,β-unsaturated/α-hetero) is 1. The first-order chi connectivity index (χ1) is 18.3. The number of non-ortho nitro benzene ring substituents is 1. The summed E-state index contributed by atoms with van der Waals surface area (Å²) in [6.45, 7) is 4.08. The van der Waals surface area contributed by atoms with Gasteiger partial charge in [-0.05, 0) is 48.9 Å². The van der Waals surface area contributed by atoms with Gasteiger partial charge in [-0.2, -0.15) is 0 Å². The number of ketones is 1. The second-order valence-electron chi connectivity index (χ2n) is 9.47. The molecule has 0 saturated carbocycles. The van der Waals surface area contributed by atoms with Crippen molar-refractivity contribution in [3.05, 3.63) is 86.2 Å². The number of rotatable bonds is 9. The summed E-state index contributed by atoms with van der Waals surface area (Å²) < 4.78 is 16.4. The van der Waals surface area contributed by atoms with Crippen molar-refractivity contribution in [3.63, 3.8) is 0 Å². The Labute approximate surface area is 221 Å². The maximum absolute atomic E-state index is 13.7. The Kier molecular flexibility index (Phi) is 8.14. The third-order valence-electron chi connectivity index (χ3n) is 7.09. The summed E-state index contributed by atoms with van der Waals surface area (Å²) in [6.07, 6.45) is 2.40. The number of ether oxygens (including phenoxy) is 3. The van der Waals surface area contributed by atoms with Gasteiger partial charge in [0.2, 0.25) is 0 Å². The van der Waals surface area contributed by atoms with Crippen molar-refractivity contribution < 1.29 is 28.7 Å². The summed E-state index contributed by atoms with van der Waals surface area (Å²) in [6, 6.07) is 11.7. The van der Waals surface area contributed by atoms with E-state index in [0.29, 0.717) is 40.3 Å². The fourth-order valence-corrected chi connectivity index (χ4v) is 5.16. The van der Waals surface area contributed by atoms with Crippen LogP contribution < -0.4 is 14.8 Å². The van der Waals surface area contributed by atoms with Crippen molar-refractivity contribution in [1.29, 1.82) is 0 Å². The fraction of sp³-hybridized carbons (Fsp3) is 0.379. The number of allylic oxidation sites excluding steroid dienone is 3. The molecule has 1 aliphatic heterocycles. The lowest BCUT2D eigenvalue weighted by Gasteiger charge is -2.36. The zero-order valence-electron chi connectivity index (χ0n) is 22.0. The van der Waals surface area contributed by atoms with E-state index in [9.17, 15) is 19.7 Å². The Bertz CT molecular complexity index is 1310. The van der Waals surface area contributed by atoms with Crippen LogP contribution >= 0.6 is 0 Å². The highest BCUT2D eigenvalue weighted by Crippen LogP contribution is 2.46. The average Bonchev–Trinajstić information content (AvgIpc) is 2.91. The van der Waals surface area contributed by atoms with E-state index in [-0.39, 0.29) is 30.4 Å². The van der Waals surface area contributed by atoms with Crippen molar-refractivity contribution in [3.8, 4) is 11.5 Å². The van der Waals surface area contributed by atoms with Crippen LogP contribution in [0.3, 0.4) is 0 Å². The molecular weight excluding hydrogens is 488 g/mol. The maximum Gasteiger partial charge on any atom is 0.336 e. The molecule has 9 nitrogen and oxygen atoms in total. The fourth-order valence-electron chi connectivity index (χ4n) is 5.16. The number of nitrogens with zero attached hydrogens (tertiary/aromatic N) is 1. The van der Waals surface area contributed by atoms with Gasteiger partial charge in [0.15, 0.2) is 17.3 Å². The predicted octanol–water partition coefficient (Wildman–Crippen LogP) is 5.32. The van der Waals surface area contributed by atoms with Gasteiger partial charge in [-0.15, -0.1) is 0 Å². The van der Waals surface area contributed by atoms with E-state index in [1.54, 1.807) is 33.3 Å². The highest BCUT2D eigenvalue weighted by molar-refractivity contribution is 6.04. The van der Waals surface area contributed by atoms with E-state index in [4.69, 9.17) is 14.2 Å². The van der Waals surface area contributed by atoms with Crippen molar-refractivity contribution in [2.45, 2.75) is 51.4 Å². The largest absolute Gasteiger partial charge is 0.493 e. The molecule has 0 spiro atoms. The minimum atomic E-state index is -0.681. The molecule has 2 aromatic carbocycles. The number of carbonyl (C=O) groups excluding carboxylic acids is 2. The first kappa shape index (κ1) is 26.9. The highest BCUT2D eigenvalue weighted by atomic mass is 16.6. The second-order valence-corrected chi connectivity index (χ2v) is 9.47. The summed E-state index contributed by atoms with van der Waals surface area (Å²) in [5.41, 5.74) is 3.72. The average molecular weight is 521 g/mol. The van der Waals surface area contributed by atoms with E-state index in [1.807, 2.05) is 25.1 Å². The molecule has 9 heteroatoms. The molecule has 200 valence electrons. The van der Waals surface area contributed by atoms with E-state index in [0.717, 1.165) is 24.1 Å². The molecular formula is C29H32N2O7. The Hall–Kier alpha value is -4.14. The molecule has 4 rings (SSSR count). The minimum absolute atomic E-state index is 0.0619. The van der Waals surface area contributed by atoms with Crippen molar-refractivity contribution in [2.75, 3.05) is 20.8 Å². The zero-order chi connectivity index (χ0) is 27.4. The summed E-state index contributed by atoms with van der Waals surface area (Å²) in [5.74, 6) is -0.165. The Morgan fingerprint density at radius 3 is 2.37 bits per heavy atom. The zero-order valence-corrected chi connectivity index (χ0v) is 22.0. The van der Waals surface area contributed by atoms with Gasteiger partial charge in [-0.25, -0.2) is 4.79 Å². The summed E-state index contributed by atoms with van der Waals surface area (Å²) in [7, 11) is 3.14. The summed E-state index contributed by atoms with van der Waals surface area (Å²) in [5, 5.41) is 14.6. The van der Waals surface area contributed by atoms with Crippen LogP contribution in [0.2, 0.25) is 0 Å². The first-order valence-corrected chi connectivity index (χ1v) is 12.7. The van der Waals surface area contributed by atoms with Gasteiger partial charge in [0.05, 0.1) is 31.3 Å². The van der Waals surface area contributed by atoms with Gasteiger partial charge >= 0.3 is 5.97 Å². The highest BCUT2D eigenvalue weighted by Gasteiger charge is 2.41. The summed E-state index contributed by atoms with van der Waals surface area (Å²) >= 11 is 0. The number of nitro benzene ring substituents is 1. The topological polar surface area (TPSA) is 117 Å². The molecule has 0 radical (unpaired) electrons. The van der Waals surface area contributed by atoms with Crippen LogP contribution in [0.15, 0.2) is 65.0 Å². The molecule has 0 fully saturated rings. The summed E-state index contributed by atoms with van der Waals surface area (Å²) in [4.78, 5) is 37.8. The Morgan fingerprint density at radius 1 is 1.05 bits per heavy atom. The SMILES string of the molecule is CCCCOC(=O)C1=C(C)NC2=C(C(=O)C[C@@H](c3ccc(OC)c(OC)c3)C2)[C@H]1c1ccc([N+](=O)[O-])cc1. The van der Waals surface area contributed by atoms with Gasteiger partial charge < -0.3 is 19.5 Å². The number of carbonyl (C=O) groups is 2. The second kappa shape index (κ2) is 11.5. The van der Waals surface area contributed by atoms with E-state index >= 15 is 0 Å². The van der Waals surface area contributed by atoms with Gasteiger partial charge in [0.1, 0.15) is 0 Å². The predicted molar refractivity (Wildman–Crippen MR) is 141 cm³/mol. The van der Waals surface area contributed by atoms with Crippen LogP contribution in [0.25, 0.3) is 0 Å². The number of hydrogen-bond acceptors (Lipinski definition) is 8. The first-order valence-electron chi connectivity index (χ1n) is 12.7. The third kappa shape index (κ3) is 5.27. The molecule has 0 unspecified atom stereocenters. The lowest BCUT2D eigenvalue weighted by molar-refractivity contribution is -0.384. The normalized spacial score (nSPS) is 19.0. The van der Waals surface area contributed by atoms with Gasteiger partial charge in [0, 0.05) is 41.4 Å². The third-order valence-corrected chi connectivity index (χ3v) is 7.09. The smallest absolute Gasteiger partial charge is 0.336 e. The van der Waals surface area contributed by atoms with Crippen LogP contribution in [0, 0.1) is 10.1 Å². The molecule has 38 heavy (non-hydrogen) atoms. The van der Waals surface area contributed by atoms with Crippen LogP contribution in [-0.2, 0) is 14.3 Å². The number of dihydropyridines is 1. The van der Waals surface area contributed by atoms with Crippen LogP contribution in [0.1, 0.15) is 62.5 Å². The Balaban J connectivity index is 1.75. The van der Waals surface area contributed by atoms with Crippen LogP contribution in [0.4, 0.5) is 5.69 Å². The van der Waals surface area contributed by atoms with Crippen LogP contribution in [-0.4, -0.2) is 37.5 Å². The molecule has 0 bridgehead atoms. The van der Waals surface area contributed by atoms with E-state index < -0.39 is 16.8 Å². The van der Waals surface area contributed by atoms with Crippen molar-refractivity contribution in [1.82, 2.24) is 5.32 Å². The molecule has 0 saturated heterocycles. The number of nitrogens with one attached hydrogen (secondary N) is 1. The van der Waals surface area contributed by atoms with Gasteiger partial charge in [-0.1, -0.05) is 31.5 Å². The molecule has 2 aromatic rings. The number of methoxy groups -OCH3 is 2. The number of esters is 1.